The van der Waals surface area contributed by atoms with Gasteiger partial charge in [-0.2, -0.15) is 0 Å². The molecule has 2 unspecified atom stereocenters. The van der Waals surface area contributed by atoms with Crippen molar-refractivity contribution in [3.63, 3.8) is 0 Å². The fourth-order valence-corrected chi connectivity index (χ4v) is 2.67. The van der Waals surface area contributed by atoms with Gasteiger partial charge in [-0.05, 0) is 24.7 Å². The van der Waals surface area contributed by atoms with E-state index in [4.69, 9.17) is 5.11 Å². The minimum absolute atomic E-state index is 0.00586. The molecule has 0 aromatic carbocycles. The molecule has 1 rings (SSSR count). The molecule has 0 aromatic heterocycles. The molecule has 104 valence electrons. The molecule has 1 amide bonds. The highest BCUT2D eigenvalue weighted by atomic mass is 16.4. The summed E-state index contributed by atoms with van der Waals surface area (Å²) in [7, 11) is 0. The van der Waals surface area contributed by atoms with E-state index >= 15 is 0 Å². The molecular weight excluding hydrogens is 230 g/mol. The summed E-state index contributed by atoms with van der Waals surface area (Å²) in [5, 5.41) is 8.97. The van der Waals surface area contributed by atoms with Crippen LogP contribution in [0, 0.1) is 17.3 Å². The van der Waals surface area contributed by atoms with E-state index in [1.54, 1.807) is 13.8 Å². The van der Waals surface area contributed by atoms with Crippen LogP contribution in [0.15, 0.2) is 0 Å². The molecule has 2 atom stereocenters. The van der Waals surface area contributed by atoms with E-state index in [-0.39, 0.29) is 11.3 Å². The van der Waals surface area contributed by atoms with E-state index in [0.717, 1.165) is 32.4 Å². The van der Waals surface area contributed by atoms with Crippen molar-refractivity contribution in [3.8, 4) is 0 Å². The third kappa shape index (κ3) is 2.85. The fraction of sp³-hybridized carbons (Fsp3) is 0.857. The van der Waals surface area contributed by atoms with E-state index < -0.39 is 17.8 Å². The van der Waals surface area contributed by atoms with Crippen molar-refractivity contribution in [2.45, 2.75) is 47.0 Å². The second kappa shape index (κ2) is 5.72. The lowest BCUT2D eigenvalue weighted by Gasteiger charge is -2.28. The fourth-order valence-electron chi connectivity index (χ4n) is 2.67. The summed E-state index contributed by atoms with van der Waals surface area (Å²) in [6.07, 6.45) is 3.20. The first-order chi connectivity index (χ1) is 8.37. The van der Waals surface area contributed by atoms with E-state index in [9.17, 15) is 9.59 Å². The van der Waals surface area contributed by atoms with Gasteiger partial charge >= 0.3 is 5.97 Å². The molecule has 1 heterocycles. The summed E-state index contributed by atoms with van der Waals surface area (Å²) in [4.78, 5) is 25.1. The highest BCUT2D eigenvalue weighted by molar-refractivity contribution is 5.84. The third-order valence-corrected chi connectivity index (χ3v) is 4.78. The lowest BCUT2D eigenvalue weighted by Crippen LogP contribution is -2.39. The smallest absolute Gasteiger partial charge is 0.307 e. The molecule has 1 N–H and O–H groups in total. The summed E-state index contributed by atoms with van der Waals surface area (Å²) in [6, 6.07) is 0. The summed E-state index contributed by atoms with van der Waals surface area (Å²) < 4.78 is 0. The maximum atomic E-state index is 12.3. The largest absolute Gasteiger partial charge is 0.481 e. The minimum atomic E-state index is -0.896. The van der Waals surface area contributed by atoms with Crippen molar-refractivity contribution >= 4 is 11.9 Å². The second-order valence-corrected chi connectivity index (χ2v) is 5.63. The summed E-state index contributed by atoms with van der Waals surface area (Å²) in [6.45, 7) is 9.22. The first kappa shape index (κ1) is 15.0. The van der Waals surface area contributed by atoms with Crippen molar-refractivity contribution in [2.24, 2.45) is 17.3 Å². The van der Waals surface area contributed by atoms with Gasteiger partial charge in [-0.1, -0.05) is 27.7 Å². The Balaban J connectivity index is 2.67. The van der Waals surface area contributed by atoms with Crippen LogP contribution in [0.1, 0.15) is 47.0 Å². The van der Waals surface area contributed by atoms with Crippen LogP contribution in [0.4, 0.5) is 0 Å². The molecule has 4 nitrogen and oxygen atoms in total. The van der Waals surface area contributed by atoms with Crippen LogP contribution in [0.2, 0.25) is 0 Å². The maximum absolute atomic E-state index is 12.3. The first-order valence-electron chi connectivity index (χ1n) is 6.88. The predicted molar refractivity (Wildman–Crippen MR) is 70.2 cm³/mol. The Morgan fingerprint density at radius 3 is 2.17 bits per heavy atom. The molecule has 0 radical (unpaired) electrons. The Bertz CT molecular complexity index is 323. The number of aliphatic carboxylic acids is 1. The van der Waals surface area contributed by atoms with Crippen LogP contribution in [-0.2, 0) is 9.59 Å². The van der Waals surface area contributed by atoms with Crippen molar-refractivity contribution in [3.05, 3.63) is 0 Å². The van der Waals surface area contributed by atoms with E-state index in [1.165, 1.54) is 0 Å². The number of carbonyl (C=O) groups is 2. The number of likely N-dealkylation sites (tertiary alicyclic amines) is 1. The van der Waals surface area contributed by atoms with Crippen LogP contribution in [0.25, 0.3) is 0 Å². The Labute approximate surface area is 109 Å². The number of carboxylic acid groups (broad SMARTS) is 1. The van der Waals surface area contributed by atoms with Crippen molar-refractivity contribution in [2.75, 3.05) is 13.1 Å². The Kier molecular flexibility index (Phi) is 4.77. The van der Waals surface area contributed by atoms with Crippen LogP contribution in [-0.4, -0.2) is 35.0 Å². The van der Waals surface area contributed by atoms with Gasteiger partial charge in [0.2, 0.25) is 5.91 Å². The van der Waals surface area contributed by atoms with Crippen molar-refractivity contribution in [1.82, 2.24) is 4.90 Å². The normalized spacial score (nSPS) is 21.7. The third-order valence-electron chi connectivity index (χ3n) is 4.78. The topological polar surface area (TPSA) is 57.6 Å². The zero-order chi connectivity index (χ0) is 13.9. The van der Waals surface area contributed by atoms with E-state index in [2.05, 4.69) is 13.8 Å². The van der Waals surface area contributed by atoms with Gasteiger partial charge in [0.1, 0.15) is 0 Å². The van der Waals surface area contributed by atoms with Gasteiger partial charge in [-0.15, -0.1) is 0 Å². The van der Waals surface area contributed by atoms with Crippen LogP contribution < -0.4 is 0 Å². The average molecular weight is 255 g/mol. The van der Waals surface area contributed by atoms with Crippen LogP contribution in [0.5, 0.6) is 0 Å². The zero-order valence-electron chi connectivity index (χ0n) is 11.9. The molecule has 0 bridgehead atoms. The van der Waals surface area contributed by atoms with Gasteiger partial charge in [-0.25, -0.2) is 0 Å². The first-order valence-corrected chi connectivity index (χ1v) is 6.88. The molecule has 18 heavy (non-hydrogen) atoms. The maximum Gasteiger partial charge on any atom is 0.307 e. The Morgan fingerprint density at radius 1 is 1.22 bits per heavy atom. The quantitative estimate of drug-likeness (QED) is 0.820. The number of carbonyl (C=O) groups excluding carboxylic acids is 1. The molecule has 0 aliphatic carbocycles. The minimum Gasteiger partial charge on any atom is -0.481 e. The lowest BCUT2D eigenvalue weighted by atomic mass is 9.82. The van der Waals surface area contributed by atoms with Gasteiger partial charge in [0.05, 0.1) is 5.92 Å². The van der Waals surface area contributed by atoms with Crippen molar-refractivity contribution < 1.29 is 14.7 Å². The molecule has 1 saturated heterocycles. The van der Waals surface area contributed by atoms with Crippen molar-refractivity contribution in [1.29, 1.82) is 0 Å². The standard InChI is InChI=1S/C14H25NO3/c1-5-14(6-2)7-8-15(9-14)12(16)10(3)11(4)13(17)18/h10-11H,5-9H2,1-4H3,(H,17,18). The zero-order valence-corrected chi connectivity index (χ0v) is 11.9. The number of rotatable bonds is 5. The Hall–Kier alpha value is -1.06. The lowest BCUT2D eigenvalue weighted by molar-refractivity contribution is -0.148. The molecule has 1 aliphatic rings. The van der Waals surface area contributed by atoms with Crippen LogP contribution in [0.3, 0.4) is 0 Å². The molecule has 0 saturated carbocycles. The molecular formula is C14H25NO3. The van der Waals surface area contributed by atoms with Crippen LogP contribution >= 0.6 is 0 Å². The number of carboxylic acids is 1. The molecule has 0 aromatic rings. The molecule has 1 fully saturated rings. The number of amides is 1. The number of nitrogens with zero attached hydrogens (tertiary/aromatic N) is 1. The summed E-state index contributed by atoms with van der Waals surface area (Å²) >= 11 is 0. The highest BCUT2D eigenvalue weighted by Gasteiger charge is 2.39. The average Bonchev–Trinajstić information content (AvgIpc) is 2.81. The van der Waals surface area contributed by atoms with Gasteiger partial charge in [0.15, 0.2) is 0 Å². The number of hydrogen-bond acceptors (Lipinski definition) is 2. The van der Waals surface area contributed by atoms with Gasteiger partial charge in [0.25, 0.3) is 0 Å². The summed E-state index contributed by atoms with van der Waals surface area (Å²) in [5.74, 6) is -1.95. The van der Waals surface area contributed by atoms with E-state index in [1.807, 2.05) is 4.90 Å². The van der Waals surface area contributed by atoms with E-state index in [0.29, 0.717) is 0 Å². The van der Waals surface area contributed by atoms with Gasteiger partial charge in [-0.3, -0.25) is 9.59 Å². The molecule has 4 heteroatoms. The Morgan fingerprint density at radius 2 is 1.78 bits per heavy atom. The highest BCUT2D eigenvalue weighted by Crippen LogP contribution is 2.37. The molecule has 1 aliphatic heterocycles. The monoisotopic (exact) mass is 255 g/mol. The summed E-state index contributed by atoms with van der Waals surface area (Å²) in [5.41, 5.74) is 0.252. The SMILES string of the molecule is CCC1(CC)CCN(C(=O)C(C)C(C)C(=O)O)C1. The van der Waals surface area contributed by atoms with Gasteiger partial charge in [0, 0.05) is 19.0 Å². The molecule has 0 spiro atoms. The number of hydrogen-bond donors (Lipinski definition) is 1. The second-order valence-electron chi connectivity index (χ2n) is 5.63. The predicted octanol–water partition coefficient (Wildman–Crippen LogP) is 2.38. The van der Waals surface area contributed by atoms with Gasteiger partial charge < -0.3 is 10.0 Å².